The van der Waals surface area contributed by atoms with Crippen molar-refractivity contribution < 1.29 is 4.79 Å². The lowest BCUT2D eigenvalue weighted by atomic mass is 9.62. The van der Waals surface area contributed by atoms with Gasteiger partial charge in [0.25, 0.3) is 0 Å². The van der Waals surface area contributed by atoms with Gasteiger partial charge in [0.1, 0.15) is 0 Å². The molecule has 0 aromatic heterocycles. The molecule has 68 valence electrons. The lowest BCUT2D eigenvalue weighted by Gasteiger charge is -2.38. The molecule has 0 aromatic rings. The summed E-state index contributed by atoms with van der Waals surface area (Å²) < 4.78 is 0. The summed E-state index contributed by atoms with van der Waals surface area (Å²) in [4.78, 5) is 11.2. The molecule has 0 radical (unpaired) electrons. The van der Waals surface area contributed by atoms with E-state index in [1.807, 2.05) is 6.08 Å². The van der Waals surface area contributed by atoms with E-state index in [2.05, 4.69) is 6.07 Å². The Morgan fingerprint density at radius 1 is 1.54 bits per heavy atom. The van der Waals surface area contributed by atoms with Crippen LogP contribution < -0.4 is 0 Å². The molecule has 0 amide bonds. The van der Waals surface area contributed by atoms with Crippen LogP contribution in [0.5, 0.6) is 0 Å². The Morgan fingerprint density at radius 2 is 2.38 bits per heavy atom. The molecule has 13 heavy (non-hydrogen) atoms. The third kappa shape index (κ3) is 1.29. The van der Waals surface area contributed by atoms with Crippen LogP contribution in [-0.4, -0.2) is 5.78 Å². The highest BCUT2D eigenvalue weighted by atomic mass is 16.1. The first-order chi connectivity index (χ1) is 6.27. The zero-order chi connectivity index (χ0) is 9.31. The molecule has 0 aromatic carbocycles. The molecular weight excluding hydrogens is 162 g/mol. The van der Waals surface area contributed by atoms with Crippen LogP contribution >= 0.6 is 0 Å². The van der Waals surface area contributed by atoms with Crippen molar-refractivity contribution >= 4 is 5.78 Å². The number of hydrogen-bond acceptors (Lipinski definition) is 2. The van der Waals surface area contributed by atoms with Gasteiger partial charge in [-0.05, 0) is 24.8 Å². The van der Waals surface area contributed by atoms with E-state index in [1.54, 1.807) is 6.08 Å². The molecule has 2 heteroatoms. The lowest BCUT2D eigenvalue weighted by molar-refractivity contribution is -0.117. The van der Waals surface area contributed by atoms with Gasteiger partial charge in [0.2, 0.25) is 0 Å². The summed E-state index contributed by atoms with van der Waals surface area (Å²) in [6.45, 7) is 0. The van der Waals surface area contributed by atoms with Crippen LogP contribution in [0.3, 0.4) is 0 Å². The molecule has 2 nitrogen and oxygen atoms in total. The summed E-state index contributed by atoms with van der Waals surface area (Å²) in [5, 5.41) is 9.16. The quantitative estimate of drug-likeness (QED) is 0.566. The van der Waals surface area contributed by atoms with Crippen LogP contribution in [0.1, 0.15) is 32.1 Å². The van der Waals surface area contributed by atoms with Crippen molar-refractivity contribution in [1.29, 1.82) is 5.26 Å². The fraction of sp³-hybridized carbons (Fsp3) is 0.636. The van der Waals surface area contributed by atoms with Gasteiger partial charge in [0.15, 0.2) is 5.78 Å². The number of nitrogens with zero attached hydrogens (tertiary/aromatic N) is 1. The molecule has 0 unspecified atom stereocenters. The lowest BCUT2D eigenvalue weighted by Crippen LogP contribution is -2.35. The average Bonchev–Trinajstić information content (AvgIpc) is 2.17. The van der Waals surface area contributed by atoms with Crippen LogP contribution in [0.25, 0.3) is 0 Å². The Kier molecular flexibility index (Phi) is 1.95. The predicted molar refractivity (Wildman–Crippen MR) is 48.8 cm³/mol. The normalized spacial score (nSPS) is 38.1. The van der Waals surface area contributed by atoms with Crippen molar-refractivity contribution in [1.82, 2.24) is 0 Å². The molecule has 1 fully saturated rings. The first kappa shape index (κ1) is 8.50. The Bertz CT molecular complexity index is 300. The molecule has 0 bridgehead atoms. The van der Waals surface area contributed by atoms with E-state index in [0.717, 1.165) is 19.3 Å². The number of carbonyl (C=O) groups is 1. The van der Waals surface area contributed by atoms with Gasteiger partial charge >= 0.3 is 0 Å². The van der Waals surface area contributed by atoms with Crippen molar-refractivity contribution in [2.45, 2.75) is 32.1 Å². The molecule has 2 rings (SSSR count). The number of hydrogen-bond donors (Lipinski definition) is 0. The molecule has 0 N–H and O–H groups in total. The molecule has 0 spiro atoms. The summed E-state index contributed by atoms with van der Waals surface area (Å²) in [5.74, 6) is 0.462. The number of carbonyl (C=O) groups excluding carboxylic acids is 1. The topological polar surface area (TPSA) is 40.9 Å². The van der Waals surface area contributed by atoms with Crippen LogP contribution in [-0.2, 0) is 4.79 Å². The molecule has 0 aliphatic heterocycles. The summed E-state index contributed by atoms with van der Waals surface area (Å²) in [5.41, 5.74) is -0.343. The van der Waals surface area contributed by atoms with Gasteiger partial charge in [-0.1, -0.05) is 18.9 Å². The van der Waals surface area contributed by atoms with E-state index in [9.17, 15) is 4.79 Å². The average molecular weight is 175 g/mol. The van der Waals surface area contributed by atoms with E-state index < -0.39 is 0 Å². The van der Waals surface area contributed by atoms with E-state index in [0.29, 0.717) is 12.3 Å². The van der Waals surface area contributed by atoms with Crippen molar-refractivity contribution in [2.24, 2.45) is 11.3 Å². The van der Waals surface area contributed by atoms with Gasteiger partial charge in [0, 0.05) is 6.42 Å². The SMILES string of the molecule is N#C[C@]12CCCC[C@H]1C=CC(=O)C2. The monoisotopic (exact) mass is 175 g/mol. The summed E-state index contributed by atoms with van der Waals surface area (Å²) in [6, 6.07) is 2.38. The highest BCUT2D eigenvalue weighted by molar-refractivity contribution is 5.91. The Balaban J connectivity index is 2.32. The van der Waals surface area contributed by atoms with Crippen molar-refractivity contribution in [3.8, 4) is 6.07 Å². The molecular formula is C11H13NO. The molecule has 0 heterocycles. The van der Waals surface area contributed by atoms with Crippen LogP contribution in [0.4, 0.5) is 0 Å². The maximum atomic E-state index is 11.2. The summed E-state index contributed by atoms with van der Waals surface area (Å²) in [6.07, 6.45) is 8.35. The van der Waals surface area contributed by atoms with E-state index in [1.165, 1.54) is 6.42 Å². The van der Waals surface area contributed by atoms with Gasteiger partial charge in [-0.15, -0.1) is 0 Å². The largest absolute Gasteiger partial charge is 0.295 e. The minimum atomic E-state index is -0.343. The van der Waals surface area contributed by atoms with E-state index >= 15 is 0 Å². The van der Waals surface area contributed by atoms with Crippen molar-refractivity contribution in [3.05, 3.63) is 12.2 Å². The number of allylic oxidation sites excluding steroid dienone is 2. The van der Waals surface area contributed by atoms with Crippen LogP contribution in [0.2, 0.25) is 0 Å². The number of rotatable bonds is 0. The maximum absolute atomic E-state index is 11.2. The van der Waals surface area contributed by atoms with Crippen LogP contribution in [0.15, 0.2) is 12.2 Å². The van der Waals surface area contributed by atoms with Gasteiger partial charge < -0.3 is 0 Å². The number of fused-ring (bicyclic) bond motifs is 1. The minimum Gasteiger partial charge on any atom is -0.295 e. The molecule has 0 saturated heterocycles. The zero-order valence-corrected chi connectivity index (χ0v) is 7.62. The second-order valence-electron chi connectivity index (χ2n) is 4.12. The number of nitriles is 1. The van der Waals surface area contributed by atoms with E-state index in [4.69, 9.17) is 5.26 Å². The molecule has 1 saturated carbocycles. The van der Waals surface area contributed by atoms with Crippen molar-refractivity contribution in [3.63, 3.8) is 0 Å². The van der Waals surface area contributed by atoms with Gasteiger partial charge in [0.05, 0.1) is 11.5 Å². The van der Waals surface area contributed by atoms with Crippen LogP contribution in [0, 0.1) is 22.7 Å². The first-order valence-electron chi connectivity index (χ1n) is 4.89. The highest BCUT2D eigenvalue weighted by Crippen LogP contribution is 2.46. The zero-order valence-electron chi connectivity index (χ0n) is 7.62. The third-order valence-corrected chi connectivity index (χ3v) is 3.32. The smallest absolute Gasteiger partial charge is 0.156 e. The predicted octanol–water partition coefficient (Wildman–Crippen LogP) is 2.22. The minimum absolute atomic E-state index is 0.125. The molecule has 2 aliphatic carbocycles. The van der Waals surface area contributed by atoms with Crippen molar-refractivity contribution in [2.75, 3.05) is 0 Å². The fourth-order valence-electron chi connectivity index (χ4n) is 2.54. The Hall–Kier alpha value is -1.10. The number of ketones is 1. The highest BCUT2D eigenvalue weighted by Gasteiger charge is 2.42. The third-order valence-electron chi connectivity index (χ3n) is 3.32. The summed E-state index contributed by atoms with van der Waals surface area (Å²) in [7, 11) is 0. The maximum Gasteiger partial charge on any atom is 0.156 e. The molecule has 2 atom stereocenters. The molecule has 2 aliphatic rings. The fourth-order valence-corrected chi connectivity index (χ4v) is 2.54. The summed E-state index contributed by atoms with van der Waals surface area (Å²) >= 11 is 0. The first-order valence-corrected chi connectivity index (χ1v) is 4.89. The Morgan fingerprint density at radius 3 is 3.15 bits per heavy atom. The van der Waals surface area contributed by atoms with Gasteiger partial charge in [-0.3, -0.25) is 4.79 Å². The second-order valence-corrected chi connectivity index (χ2v) is 4.12. The van der Waals surface area contributed by atoms with Gasteiger partial charge in [-0.25, -0.2) is 0 Å². The Labute approximate surface area is 78.2 Å². The standard InChI is InChI=1S/C11H13NO/c12-8-11-6-2-1-3-9(11)4-5-10(13)7-11/h4-5,9H,1-3,6-7H2/t9-,11+/m0/s1. The second kappa shape index (κ2) is 2.99. The van der Waals surface area contributed by atoms with E-state index in [-0.39, 0.29) is 11.2 Å². The van der Waals surface area contributed by atoms with Gasteiger partial charge in [-0.2, -0.15) is 5.26 Å².